The fourth-order valence-electron chi connectivity index (χ4n) is 5.20. The largest absolute Gasteiger partial charge is 0.353 e. The van der Waals surface area contributed by atoms with E-state index in [1.54, 1.807) is 24.7 Å². The Morgan fingerprint density at radius 3 is 2.66 bits per heavy atom. The summed E-state index contributed by atoms with van der Waals surface area (Å²) in [6, 6.07) is 15.4. The molecule has 4 heterocycles. The van der Waals surface area contributed by atoms with Crippen molar-refractivity contribution in [2.75, 3.05) is 11.6 Å². The number of nitrogens with zero attached hydrogens (tertiary/aromatic N) is 3. The molecule has 1 unspecified atom stereocenters. The van der Waals surface area contributed by atoms with E-state index in [1.165, 1.54) is 6.07 Å². The first kappa shape index (κ1) is 29.1. The number of halogens is 1. The summed E-state index contributed by atoms with van der Waals surface area (Å²) in [5, 5.41) is 10.7. The van der Waals surface area contributed by atoms with E-state index in [0.717, 1.165) is 58.2 Å². The van der Waals surface area contributed by atoms with E-state index in [2.05, 4.69) is 30.5 Å². The zero-order chi connectivity index (χ0) is 31.0. The van der Waals surface area contributed by atoms with Gasteiger partial charge in [-0.15, -0.1) is 0 Å². The Labute approximate surface area is 252 Å². The first-order valence-corrected chi connectivity index (χ1v) is 16.0. The molecule has 44 heavy (non-hydrogen) atoms. The van der Waals surface area contributed by atoms with E-state index in [1.807, 2.05) is 43.3 Å². The van der Waals surface area contributed by atoms with Gasteiger partial charge in [-0.2, -0.15) is 5.10 Å². The molecule has 10 nitrogen and oxygen atoms in total. The molecule has 5 N–H and O–H groups in total. The fraction of sp³-hybridized carbons (Fsp3) is 0.188. The second-order valence-corrected chi connectivity index (χ2v) is 12.9. The summed E-state index contributed by atoms with van der Waals surface area (Å²) < 4.78 is 38.8. The molecule has 0 spiro atoms. The number of aromatic amines is 2. The van der Waals surface area contributed by atoms with Crippen molar-refractivity contribution in [3.63, 3.8) is 0 Å². The second kappa shape index (κ2) is 11.6. The van der Waals surface area contributed by atoms with E-state index in [0.29, 0.717) is 34.6 Å². The third kappa shape index (κ3) is 5.81. The molecule has 224 valence electrons. The maximum absolute atomic E-state index is 14.7. The highest BCUT2D eigenvalue weighted by Crippen LogP contribution is 2.36. The number of hydrogen-bond acceptors (Lipinski definition) is 7. The smallest absolute Gasteiger partial charge is 0.224 e. The number of nitrogens with one attached hydrogen (secondary N) is 3. The van der Waals surface area contributed by atoms with Crippen LogP contribution in [0.25, 0.3) is 55.6 Å². The van der Waals surface area contributed by atoms with Crippen LogP contribution in [0.15, 0.2) is 73.2 Å². The number of carbonyl (C=O) groups excluding carboxylic acids is 1. The average molecular weight is 612 g/mol. The Hall–Kier alpha value is -4.94. The molecule has 0 aliphatic carbocycles. The van der Waals surface area contributed by atoms with E-state index in [9.17, 15) is 17.6 Å². The normalized spacial score (nSPS) is 12.5. The molecule has 0 fully saturated rings. The van der Waals surface area contributed by atoms with Crippen LogP contribution in [0.1, 0.15) is 37.1 Å². The molecule has 6 aromatic rings. The van der Waals surface area contributed by atoms with Crippen molar-refractivity contribution in [1.82, 2.24) is 25.1 Å². The number of hydrogen-bond donors (Lipinski definition) is 4. The standard InChI is InChI=1S/C32H30FN7O3S/c1-3-4-8-30(41)37-22-12-20(15-35-16-22)27-14-25-29(17-36-27)39-40-31(25)28-13-24-23(6-5-7-26(24)38-28)18-9-19(11-21(33)10-18)32(34)44(2,42)43/h5-7,9-17,32,38H,3-4,8,34H2,1-2H3,(H,37,41)(H,39,40). The maximum atomic E-state index is 14.7. The molecule has 4 aromatic heterocycles. The van der Waals surface area contributed by atoms with Crippen molar-refractivity contribution in [2.24, 2.45) is 5.73 Å². The third-order valence-electron chi connectivity index (χ3n) is 7.46. The Balaban J connectivity index is 1.38. The first-order valence-electron chi connectivity index (χ1n) is 14.1. The maximum Gasteiger partial charge on any atom is 0.224 e. The van der Waals surface area contributed by atoms with Crippen molar-refractivity contribution < 1.29 is 17.6 Å². The Kier molecular flexibility index (Phi) is 7.70. The van der Waals surface area contributed by atoms with Gasteiger partial charge < -0.3 is 16.0 Å². The summed E-state index contributed by atoms with van der Waals surface area (Å²) in [4.78, 5) is 24.5. The predicted octanol–water partition coefficient (Wildman–Crippen LogP) is 6.10. The molecular weight excluding hydrogens is 581 g/mol. The highest BCUT2D eigenvalue weighted by molar-refractivity contribution is 7.90. The lowest BCUT2D eigenvalue weighted by Crippen LogP contribution is -2.20. The van der Waals surface area contributed by atoms with Crippen LogP contribution >= 0.6 is 0 Å². The molecule has 6 rings (SSSR count). The minimum absolute atomic E-state index is 0.0581. The van der Waals surface area contributed by atoms with Crippen LogP contribution in [0.3, 0.4) is 0 Å². The van der Waals surface area contributed by atoms with Crippen molar-refractivity contribution in [3.05, 3.63) is 84.6 Å². The van der Waals surface area contributed by atoms with Crippen molar-refractivity contribution in [3.8, 4) is 33.8 Å². The number of pyridine rings is 2. The van der Waals surface area contributed by atoms with Crippen molar-refractivity contribution in [1.29, 1.82) is 0 Å². The molecule has 0 radical (unpaired) electrons. The first-order chi connectivity index (χ1) is 21.1. The van der Waals surface area contributed by atoms with Crippen LogP contribution in [0, 0.1) is 5.82 Å². The van der Waals surface area contributed by atoms with Crippen LogP contribution in [-0.2, 0) is 14.6 Å². The van der Waals surface area contributed by atoms with E-state index in [4.69, 9.17) is 5.73 Å². The van der Waals surface area contributed by atoms with Crippen LogP contribution in [-0.4, -0.2) is 45.7 Å². The summed E-state index contributed by atoms with van der Waals surface area (Å²) in [7, 11) is -3.63. The van der Waals surface area contributed by atoms with Gasteiger partial charge in [0.2, 0.25) is 5.91 Å². The quantitative estimate of drug-likeness (QED) is 0.154. The van der Waals surface area contributed by atoms with Gasteiger partial charge in [0.25, 0.3) is 0 Å². The molecule has 0 saturated carbocycles. The Morgan fingerprint density at radius 2 is 1.86 bits per heavy atom. The number of aromatic nitrogens is 5. The van der Waals surface area contributed by atoms with Crippen LogP contribution < -0.4 is 11.1 Å². The Bertz CT molecular complexity index is 2140. The molecule has 12 heteroatoms. The monoisotopic (exact) mass is 611 g/mol. The van der Waals surface area contributed by atoms with Gasteiger partial charge in [-0.1, -0.05) is 25.5 Å². The summed E-state index contributed by atoms with van der Waals surface area (Å²) in [5.41, 5.74) is 12.2. The number of fused-ring (bicyclic) bond motifs is 2. The third-order valence-corrected chi connectivity index (χ3v) is 8.66. The minimum Gasteiger partial charge on any atom is -0.353 e. The van der Waals surface area contributed by atoms with Gasteiger partial charge in [0, 0.05) is 40.7 Å². The number of benzene rings is 2. The number of H-pyrrole nitrogens is 2. The summed E-state index contributed by atoms with van der Waals surface area (Å²) in [6.45, 7) is 2.04. The van der Waals surface area contributed by atoms with Gasteiger partial charge in [-0.3, -0.25) is 19.9 Å². The van der Waals surface area contributed by atoms with E-state index < -0.39 is 21.0 Å². The molecule has 1 amide bonds. The lowest BCUT2D eigenvalue weighted by molar-refractivity contribution is -0.116. The van der Waals surface area contributed by atoms with E-state index in [-0.39, 0.29) is 11.5 Å². The Morgan fingerprint density at radius 1 is 1.02 bits per heavy atom. The number of anilines is 1. The van der Waals surface area contributed by atoms with Gasteiger partial charge >= 0.3 is 0 Å². The number of sulfone groups is 1. The number of carbonyl (C=O) groups is 1. The zero-order valence-electron chi connectivity index (χ0n) is 24.1. The summed E-state index contributed by atoms with van der Waals surface area (Å²) in [5.74, 6) is -0.640. The zero-order valence-corrected chi connectivity index (χ0v) is 24.9. The predicted molar refractivity (Wildman–Crippen MR) is 170 cm³/mol. The molecule has 0 aliphatic rings. The minimum atomic E-state index is -3.63. The molecule has 0 aliphatic heterocycles. The SMILES string of the molecule is CCCCC(=O)Nc1cncc(-c2cc3c(-c4cc5c(-c6cc(F)cc(C(N)S(C)(=O)=O)c6)cccc5[nH]4)n[nH]c3cn2)c1. The molecule has 0 bridgehead atoms. The lowest BCUT2D eigenvalue weighted by atomic mass is 9.99. The van der Waals surface area contributed by atoms with Gasteiger partial charge in [-0.25, -0.2) is 12.8 Å². The molecular formula is C32H30FN7O3S. The van der Waals surface area contributed by atoms with Crippen LogP contribution in [0.2, 0.25) is 0 Å². The van der Waals surface area contributed by atoms with E-state index >= 15 is 0 Å². The number of unbranched alkanes of at least 4 members (excludes halogenated alkanes) is 1. The second-order valence-electron chi connectivity index (χ2n) is 10.8. The summed E-state index contributed by atoms with van der Waals surface area (Å²) in [6.07, 6.45) is 8.21. The van der Waals surface area contributed by atoms with Crippen molar-refractivity contribution in [2.45, 2.75) is 31.6 Å². The average Bonchev–Trinajstić information content (AvgIpc) is 3.62. The van der Waals surface area contributed by atoms with Gasteiger partial charge in [0.05, 0.1) is 35.0 Å². The fourth-order valence-corrected chi connectivity index (χ4v) is 5.83. The highest BCUT2D eigenvalue weighted by atomic mass is 32.2. The number of nitrogens with two attached hydrogens (primary N) is 1. The number of rotatable bonds is 9. The van der Waals surface area contributed by atoms with Crippen LogP contribution in [0.4, 0.5) is 10.1 Å². The molecule has 1 atom stereocenters. The van der Waals surface area contributed by atoms with Gasteiger partial charge in [0.1, 0.15) is 16.9 Å². The van der Waals surface area contributed by atoms with Gasteiger partial charge in [0.15, 0.2) is 9.84 Å². The topological polar surface area (TPSA) is 160 Å². The summed E-state index contributed by atoms with van der Waals surface area (Å²) >= 11 is 0. The molecule has 2 aromatic carbocycles. The van der Waals surface area contributed by atoms with Crippen LogP contribution in [0.5, 0.6) is 0 Å². The van der Waals surface area contributed by atoms with Crippen molar-refractivity contribution >= 4 is 43.2 Å². The van der Waals surface area contributed by atoms with Gasteiger partial charge in [-0.05, 0) is 65.6 Å². The highest BCUT2D eigenvalue weighted by Gasteiger charge is 2.21. The molecule has 0 saturated heterocycles. The lowest BCUT2D eigenvalue weighted by Gasteiger charge is -2.12. The number of amides is 1.